The number of carbonyl (C=O) groups is 2. The molecule has 3 rings (SSSR count). The first-order chi connectivity index (χ1) is 12.9. The van der Waals surface area contributed by atoms with Gasteiger partial charge in [0.1, 0.15) is 5.75 Å². The number of benzene rings is 2. The van der Waals surface area contributed by atoms with Crippen LogP contribution in [-0.4, -0.2) is 37.0 Å². The van der Waals surface area contributed by atoms with E-state index < -0.39 is 11.4 Å². The lowest BCUT2D eigenvalue weighted by atomic mass is 9.86. The molecule has 1 heterocycles. The molecule has 3 amide bonds. The van der Waals surface area contributed by atoms with E-state index in [2.05, 4.69) is 5.32 Å². The van der Waals surface area contributed by atoms with Gasteiger partial charge >= 0.3 is 6.03 Å². The molecule has 1 saturated heterocycles. The van der Waals surface area contributed by atoms with Gasteiger partial charge in [-0.05, 0) is 54.7 Å². The Kier molecular flexibility index (Phi) is 5.08. The smallest absolute Gasteiger partial charge is 0.318 e. The fourth-order valence-electron chi connectivity index (χ4n) is 3.51. The Labute approximate surface area is 159 Å². The van der Waals surface area contributed by atoms with E-state index in [9.17, 15) is 9.59 Å². The molecule has 0 saturated carbocycles. The Hall–Kier alpha value is -3.02. The monoisotopic (exact) mass is 367 g/mol. The molecule has 0 aliphatic carbocycles. The highest BCUT2D eigenvalue weighted by atomic mass is 16.5. The van der Waals surface area contributed by atoms with Gasteiger partial charge in [-0.3, -0.25) is 4.79 Å². The number of methoxy groups -OCH3 is 1. The summed E-state index contributed by atoms with van der Waals surface area (Å²) in [6.45, 7) is 4.55. The van der Waals surface area contributed by atoms with E-state index in [0.717, 1.165) is 28.0 Å². The SMILES string of the molecule is COc1ccc(CCN2C(=O)NCC2(C(N)=O)c2ccc(C)c(C)c2)cc1. The third kappa shape index (κ3) is 3.35. The largest absolute Gasteiger partial charge is 0.497 e. The zero-order valence-electron chi connectivity index (χ0n) is 15.9. The van der Waals surface area contributed by atoms with Crippen molar-refractivity contribution in [3.8, 4) is 5.75 Å². The minimum absolute atomic E-state index is 0.173. The first-order valence-electron chi connectivity index (χ1n) is 8.94. The van der Waals surface area contributed by atoms with Crippen LogP contribution in [0.2, 0.25) is 0 Å². The number of hydrogen-bond acceptors (Lipinski definition) is 3. The normalized spacial score (nSPS) is 19.1. The third-order valence-electron chi connectivity index (χ3n) is 5.38. The van der Waals surface area contributed by atoms with E-state index in [1.165, 1.54) is 0 Å². The second-order valence-electron chi connectivity index (χ2n) is 6.93. The Balaban J connectivity index is 1.91. The zero-order valence-corrected chi connectivity index (χ0v) is 15.9. The molecule has 1 unspecified atom stereocenters. The van der Waals surface area contributed by atoms with Gasteiger partial charge in [0.15, 0.2) is 5.54 Å². The predicted molar refractivity (Wildman–Crippen MR) is 104 cm³/mol. The summed E-state index contributed by atoms with van der Waals surface area (Å²) in [6.07, 6.45) is 0.608. The highest BCUT2D eigenvalue weighted by molar-refractivity contribution is 5.94. The average molecular weight is 367 g/mol. The summed E-state index contributed by atoms with van der Waals surface area (Å²) in [5, 5.41) is 2.80. The third-order valence-corrected chi connectivity index (χ3v) is 5.38. The summed E-state index contributed by atoms with van der Waals surface area (Å²) in [5.41, 5.74) is 8.62. The number of hydrogen-bond donors (Lipinski definition) is 2. The van der Waals surface area contributed by atoms with Gasteiger partial charge < -0.3 is 20.7 Å². The maximum atomic E-state index is 12.5. The number of amides is 3. The lowest BCUT2D eigenvalue weighted by Gasteiger charge is -2.35. The van der Waals surface area contributed by atoms with Gasteiger partial charge in [0.25, 0.3) is 0 Å². The first-order valence-corrected chi connectivity index (χ1v) is 8.94. The molecular weight excluding hydrogens is 342 g/mol. The zero-order chi connectivity index (χ0) is 19.6. The van der Waals surface area contributed by atoms with Crippen molar-refractivity contribution in [3.63, 3.8) is 0 Å². The van der Waals surface area contributed by atoms with Crippen molar-refractivity contribution in [1.29, 1.82) is 0 Å². The Morgan fingerprint density at radius 1 is 1.19 bits per heavy atom. The molecular formula is C21H25N3O3. The topological polar surface area (TPSA) is 84.7 Å². The van der Waals surface area contributed by atoms with Crippen LogP contribution in [0.15, 0.2) is 42.5 Å². The quantitative estimate of drug-likeness (QED) is 0.821. The molecule has 142 valence electrons. The lowest BCUT2D eigenvalue weighted by Crippen LogP contribution is -2.54. The Morgan fingerprint density at radius 2 is 1.89 bits per heavy atom. The molecule has 1 atom stereocenters. The minimum Gasteiger partial charge on any atom is -0.497 e. The van der Waals surface area contributed by atoms with Crippen molar-refractivity contribution in [1.82, 2.24) is 10.2 Å². The molecule has 0 spiro atoms. The van der Waals surface area contributed by atoms with Crippen LogP contribution in [0.4, 0.5) is 4.79 Å². The van der Waals surface area contributed by atoms with Crippen molar-refractivity contribution in [2.45, 2.75) is 25.8 Å². The number of nitrogens with two attached hydrogens (primary N) is 1. The number of urea groups is 1. The van der Waals surface area contributed by atoms with Crippen molar-refractivity contribution < 1.29 is 14.3 Å². The van der Waals surface area contributed by atoms with Crippen LogP contribution in [0.1, 0.15) is 22.3 Å². The molecule has 27 heavy (non-hydrogen) atoms. The summed E-state index contributed by atoms with van der Waals surface area (Å²) in [6, 6.07) is 13.2. The molecule has 1 aliphatic heterocycles. The molecule has 2 aromatic rings. The number of ether oxygens (including phenoxy) is 1. The van der Waals surface area contributed by atoms with Gasteiger partial charge in [-0.25, -0.2) is 4.79 Å². The van der Waals surface area contributed by atoms with E-state index in [1.807, 2.05) is 56.3 Å². The summed E-state index contributed by atoms with van der Waals surface area (Å²) in [5.74, 6) is 0.248. The van der Waals surface area contributed by atoms with Gasteiger partial charge in [-0.1, -0.05) is 30.3 Å². The fraction of sp³-hybridized carbons (Fsp3) is 0.333. The minimum atomic E-state index is -1.18. The van der Waals surface area contributed by atoms with Crippen LogP contribution in [0.25, 0.3) is 0 Å². The average Bonchev–Trinajstić information content (AvgIpc) is 3.00. The van der Waals surface area contributed by atoms with Crippen LogP contribution in [0.3, 0.4) is 0 Å². The molecule has 6 nitrogen and oxygen atoms in total. The number of rotatable bonds is 6. The standard InChI is InChI=1S/C21H25N3O3/c1-14-4-7-17(12-15(14)2)21(19(22)25)13-23-20(26)24(21)11-10-16-5-8-18(27-3)9-6-16/h4-9,12H,10-11,13H2,1-3H3,(H2,22,25)(H,23,26). The lowest BCUT2D eigenvalue weighted by molar-refractivity contribution is -0.127. The highest BCUT2D eigenvalue weighted by Gasteiger charge is 2.51. The molecule has 1 fully saturated rings. The molecule has 1 aliphatic rings. The van der Waals surface area contributed by atoms with Gasteiger partial charge in [0.05, 0.1) is 13.7 Å². The van der Waals surface area contributed by atoms with Crippen molar-refractivity contribution in [3.05, 3.63) is 64.7 Å². The summed E-state index contributed by atoms with van der Waals surface area (Å²) in [7, 11) is 1.62. The van der Waals surface area contributed by atoms with Crippen LogP contribution < -0.4 is 15.8 Å². The Bertz CT molecular complexity index is 863. The van der Waals surface area contributed by atoms with Crippen LogP contribution in [-0.2, 0) is 16.8 Å². The Morgan fingerprint density at radius 3 is 2.48 bits per heavy atom. The van der Waals surface area contributed by atoms with Gasteiger partial charge in [-0.2, -0.15) is 0 Å². The van der Waals surface area contributed by atoms with E-state index in [1.54, 1.807) is 12.0 Å². The number of primary amides is 1. The molecule has 6 heteroatoms. The molecule has 2 aromatic carbocycles. The maximum Gasteiger partial charge on any atom is 0.318 e. The van der Waals surface area contributed by atoms with Crippen LogP contribution >= 0.6 is 0 Å². The first kappa shape index (κ1) is 18.8. The highest BCUT2D eigenvalue weighted by Crippen LogP contribution is 2.33. The second kappa shape index (κ2) is 7.31. The molecule has 3 N–H and O–H groups in total. The van der Waals surface area contributed by atoms with Gasteiger partial charge in [0, 0.05) is 6.54 Å². The number of nitrogens with zero attached hydrogens (tertiary/aromatic N) is 1. The molecule has 0 aromatic heterocycles. The maximum absolute atomic E-state index is 12.5. The molecule has 0 bridgehead atoms. The molecule has 0 radical (unpaired) electrons. The van der Waals surface area contributed by atoms with E-state index in [-0.39, 0.29) is 12.6 Å². The number of aryl methyl sites for hydroxylation is 2. The second-order valence-corrected chi connectivity index (χ2v) is 6.93. The van der Waals surface area contributed by atoms with Crippen LogP contribution in [0, 0.1) is 13.8 Å². The van der Waals surface area contributed by atoms with Crippen molar-refractivity contribution in [2.24, 2.45) is 5.73 Å². The van der Waals surface area contributed by atoms with E-state index >= 15 is 0 Å². The summed E-state index contributed by atoms with van der Waals surface area (Å²) in [4.78, 5) is 26.6. The van der Waals surface area contributed by atoms with E-state index in [4.69, 9.17) is 10.5 Å². The van der Waals surface area contributed by atoms with Crippen LogP contribution in [0.5, 0.6) is 5.75 Å². The van der Waals surface area contributed by atoms with Gasteiger partial charge in [0.2, 0.25) is 5.91 Å². The summed E-state index contributed by atoms with van der Waals surface area (Å²) < 4.78 is 5.17. The van der Waals surface area contributed by atoms with Gasteiger partial charge in [-0.15, -0.1) is 0 Å². The fourth-order valence-corrected chi connectivity index (χ4v) is 3.51. The van der Waals surface area contributed by atoms with Crippen molar-refractivity contribution >= 4 is 11.9 Å². The van der Waals surface area contributed by atoms with E-state index in [0.29, 0.717) is 13.0 Å². The number of nitrogens with one attached hydrogen (secondary N) is 1. The summed E-state index contributed by atoms with van der Waals surface area (Å²) >= 11 is 0. The predicted octanol–water partition coefficient (Wildman–Crippen LogP) is 2.26. The van der Waals surface area contributed by atoms with Crippen molar-refractivity contribution in [2.75, 3.05) is 20.2 Å². The number of carbonyl (C=O) groups excluding carboxylic acids is 2.